The standard InChI is InChI=1S/C28H28Cl3N3O5S/c1-3-39-28(36)33-12-14-34(15-13-33)40(37,38)26-16-23(24(30)17-25(26)31)27(35)32-18(2)21-6-4-5-7-22(21)19-8-10-20(29)11-9-19/h4-11,16-18H,3,12-15H2,1-2H3,(H,32,35). The predicted molar refractivity (Wildman–Crippen MR) is 157 cm³/mol. The van der Waals surface area contributed by atoms with E-state index in [9.17, 15) is 18.0 Å². The van der Waals surface area contributed by atoms with Gasteiger partial charge in [0, 0.05) is 31.2 Å². The third-order valence-corrected chi connectivity index (χ3v) is 9.51. The zero-order valence-corrected chi connectivity index (χ0v) is 24.9. The first-order chi connectivity index (χ1) is 19.0. The van der Waals surface area contributed by atoms with Gasteiger partial charge >= 0.3 is 6.09 Å². The molecule has 0 saturated carbocycles. The number of amides is 2. The SMILES string of the molecule is CCOC(=O)N1CCN(S(=O)(=O)c2cc(C(=O)NC(C)c3ccccc3-c3ccc(Cl)cc3)c(Cl)cc2Cl)CC1. The molecular weight excluding hydrogens is 597 g/mol. The normalized spacial score (nSPS) is 15.0. The summed E-state index contributed by atoms with van der Waals surface area (Å²) < 4.78 is 33.2. The largest absolute Gasteiger partial charge is 0.450 e. The van der Waals surface area contributed by atoms with Gasteiger partial charge in [-0.1, -0.05) is 71.2 Å². The zero-order chi connectivity index (χ0) is 29.0. The molecule has 0 bridgehead atoms. The van der Waals surface area contributed by atoms with Crippen molar-refractivity contribution < 1.29 is 22.7 Å². The highest BCUT2D eigenvalue weighted by Gasteiger charge is 2.33. The lowest BCUT2D eigenvalue weighted by atomic mass is 9.95. The van der Waals surface area contributed by atoms with Crippen LogP contribution in [0, 0.1) is 0 Å². The van der Waals surface area contributed by atoms with Crippen molar-refractivity contribution in [1.29, 1.82) is 0 Å². The van der Waals surface area contributed by atoms with Gasteiger partial charge in [0.05, 0.1) is 28.3 Å². The van der Waals surface area contributed by atoms with E-state index in [1.54, 1.807) is 19.1 Å². The van der Waals surface area contributed by atoms with Gasteiger partial charge in [0.15, 0.2) is 0 Å². The quantitative estimate of drug-likeness (QED) is 0.334. The lowest BCUT2D eigenvalue weighted by molar-refractivity contribution is 0.0927. The molecule has 1 atom stereocenters. The minimum atomic E-state index is -4.08. The van der Waals surface area contributed by atoms with E-state index < -0.39 is 28.1 Å². The van der Waals surface area contributed by atoms with Gasteiger partial charge in [-0.25, -0.2) is 13.2 Å². The van der Waals surface area contributed by atoms with Crippen LogP contribution in [-0.2, 0) is 14.8 Å². The fourth-order valence-electron chi connectivity index (χ4n) is 4.48. The highest BCUT2D eigenvalue weighted by atomic mass is 35.5. The molecule has 212 valence electrons. The van der Waals surface area contributed by atoms with Gasteiger partial charge in [-0.2, -0.15) is 4.31 Å². The fraction of sp³-hybridized carbons (Fsp3) is 0.286. The average Bonchev–Trinajstić information content (AvgIpc) is 2.93. The van der Waals surface area contributed by atoms with Crippen LogP contribution in [0.4, 0.5) is 4.79 Å². The van der Waals surface area contributed by atoms with Crippen LogP contribution in [0.1, 0.15) is 35.8 Å². The maximum atomic E-state index is 13.5. The topological polar surface area (TPSA) is 96.0 Å². The predicted octanol–water partition coefficient (Wildman–Crippen LogP) is 6.27. The number of rotatable bonds is 7. The van der Waals surface area contributed by atoms with Crippen LogP contribution >= 0.6 is 34.8 Å². The molecule has 2 amide bonds. The molecule has 1 fully saturated rings. The van der Waals surface area contributed by atoms with Crippen molar-refractivity contribution in [1.82, 2.24) is 14.5 Å². The van der Waals surface area contributed by atoms with Crippen LogP contribution in [-0.4, -0.2) is 62.4 Å². The van der Waals surface area contributed by atoms with Crippen LogP contribution in [0.5, 0.6) is 0 Å². The molecule has 3 aromatic rings. The van der Waals surface area contributed by atoms with Crippen molar-refractivity contribution in [2.45, 2.75) is 24.8 Å². The Hall–Kier alpha value is -2.82. The number of piperazine rings is 1. The molecular formula is C28H28Cl3N3O5S. The molecule has 40 heavy (non-hydrogen) atoms. The van der Waals surface area contributed by atoms with E-state index in [4.69, 9.17) is 39.5 Å². The second kappa shape index (κ2) is 12.8. The van der Waals surface area contributed by atoms with Crippen molar-refractivity contribution in [3.8, 4) is 11.1 Å². The van der Waals surface area contributed by atoms with E-state index in [1.807, 2.05) is 43.3 Å². The third kappa shape index (κ3) is 6.56. The Bertz CT molecular complexity index is 1510. The lowest BCUT2D eigenvalue weighted by Crippen LogP contribution is -2.50. The fourth-order valence-corrected chi connectivity index (χ4v) is 6.87. The summed E-state index contributed by atoms with van der Waals surface area (Å²) in [4.78, 5) is 26.6. The Balaban J connectivity index is 1.56. The third-order valence-electron chi connectivity index (χ3n) is 6.58. The Morgan fingerprint density at radius 2 is 1.60 bits per heavy atom. The first kappa shape index (κ1) is 30.1. The van der Waals surface area contributed by atoms with Crippen molar-refractivity contribution in [2.24, 2.45) is 0 Å². The van der Waals surface area contributed by atoms with E-state index in [0.29, 0.717) is 5.02 Å². The van der Waals surface area contributed by atoms with Crippen molar-refractivity contribution in [3.05, 3.63) is 86.9 Å². The van der Waals surface area contributed by atoms with Crippen LogP contribution in [0.2, 0.25) is 15.1 Å². The Morgan fingerprint density at radius 1 is 0.950 bits per heavy atom. The molecule has 0 aromatic heterocycles. The number of carbonyl (C=O) groups is 2. The number of sulfonamides is 1. The zero-order valence-electron chi connectivity index (χ0n) is 21.9. The number of nitrogens with one attached hydrogen (secondary N) is 1. The molecule has 1 heterocycles. The molecule has 1 unspecified atom stereocenters. The summed E-state index contributed by atoms with van der Waals surface area (Å²) in [7, 11) is -4.08. The molecule has 8 nitrogen and oxygen atoms in total. The molecule has 12 heteroatoms. The first-order valence-electron chi connectivity index (χ1n) is 12.6. The lowest BCUT2D eigenvalue weighted by Gasteiger charge is -2.33. The Labute approximate surface area is 248 Å². The molecule has 1 N–H and O–H groups in total. The summed E-state index contributed by atoms with van der Waals surface area (Å²) >= 11 is 18.7. The summed E-state index contributed by atoms with van der Waals surface area (Å²) in [6.45, 7) is 4.21. The van der Waals surface area contributed by atoms with Gasteiger partial charge in [-0.3, -0.25) is 4.79 Å². The first-order valence-corrected chi connectivity index (χ1v) is 15.2. The van der Waals surface area contributed by atoms with Gasteiger partial charge in [0.1, 0.15) is 4.90 Å². The number of hydrogen-bond donors (Lipinski definition) is 1. The van der Waals surface area contributed by atoms with Crippen LogP contribution in [0.15, 0.2) is 65.6 Å². The van der Waals surface area contributed by atoms with Crippen molar-refractivity contribution in [3.63, 3.8) is 0 Å². The summed E-state index contributed by atoms with van der Waals surface area (Å²) in [5, 5.41) is 3.46. The summed E-state index contributed by atoms with van der Waals surface area (Å²) in [6.07, 6.45) is -0.491. The van der Waals surface area contributed by atoms with Gasteiger partial charge in [-0.15, -0.1) is 0 Å². The summed E-state index contributed by atoms with van der Waals surface area (Å²) in [5.41, 5.74) is 2.68. The van der Waals surface area contributed by atoms with Gasteiger partial charge < -0.3 is 15.0 Å². The van der Waals surface area contributed by atoms with Crippen LogP contribution in [0.3, 0.4) is 0 Å². The number of carbonyl (C=O) groups excluding carboxylic acids is 2. The number of benzene rings is 3. The second-order valence-corrected chi connectivity index (χ2v) is 12.3. The van der Waals surface area contributed by atoms with Crippen LogP contribution in [0.25, 0.3) is 11.1 Å². The molecule has 0 aliphatic carbocycles. The number of nitrogens with zero attached hydrogens (tertiary/aromatic N) is 2. The molecule has 1 saturated heterocycles. The minimum absolute atomic E-state index is 0.0202. The van der Waals surface area contributed by atoms with E-state index in [2.05, 4.69) is 5.32 Å². The summed E-state index contributed by atoms with van der Waals surface area (Å²) in [6, 6.07) is 17.0. The highest BCUT2D eigenvalue weighted by molar-refractivity contribution is 7.89. The van der Waals surface area contributed by atoms with E-state index >= 15 is 0 Å². The smallest absolute Gasteiger partial charge is 0.409 e. The molecule has 0 spiro atoms. The van der Waals surface area contributed by atoms with Crippen molar-refractivity contribution in [2.75, 3.05) is 32.8 Å². The average molecular weight is 625 g/mol. The van der Waals surface area contributed by atoms with Gasteiger partial charge in [-0.05, 0) is 54.8 Å². The number of ether oxygens (including phenoxy) is 1. The molecule has 1 aliphatic heterocycles. The maximum Gasteiger partial charge on any atom is 0.409 e. The van der Waals surface area contributed by atoms with Crippen LogP contribution < -0.4 is 5.32 Å². The number of hydrogen-bond acceptors (Lipinski definition) is 5. The Kier molecular flexibility index (Phi) is 9.64. The molecule has 4 rings (SSSR count). The molecule has 0 radical (unpaired) electrons. The molecule has 3 aromatic carbocycles. The minimum Gasteiger partial charge on any atom is -0.450 e. The summed E-state index contributed by atoms with van der Waals surface area (Å²) in [5.74, 6) is -0.552. The Morgan fingerprint density at radius 3 is 2.25 bits per heavy atom. The highest BCUT2D eigenvalue weighted by Crippen LogP contribution is 2.33. The van der Waals surface area contributed by atoms with Crippen molar-refractivity contribution >= 4 is 56.8 Å². The monoisotopic (exact) mass is 623 g/mol. The molecule has 1 aliphatic rings. The van der Waals surface area contributed by atoms with E-state index in [0.717, 1.165) is 16.7 Å². The van der Waals surface area contributed by atoms with E-state index in [-0.39, 0.29) is 53.3 Å². The van der Waals surface area contributed by atoms with Gasteiger partial charge in [0.2, 0.25) is 10.0 Å². The second-order valence-electron chi connectivity index (χ2n) is 9.14. The number of halogens is 3. The van der Waals surface area contributed by atoms with Gasteiger partial charge in [0.25, 0.3) is 5.91 Å². The van der Waals surface area contributed by atoms with E-state index in [1.165, 1.54) is 21.3 Å². The maximum absolute atomic E-state index is 13.5.